The number of hydrogen-bond donors (Lipinski definition) is 2. The average Bonchev–Trinajstić information content (AvgIpc) is 3.29. The summed E-state index contributed by atoms with van der Waals surface area (Å²) in [6.07, 6.45) is -6.67. The van der Waals surface area contributed by atoms with Gasteiger partial charge in [-0.1, -0.05) is 133 Å². The molecule has 1 aliphatic rings. The maximum atomic E-state index is 14.7. The predicted molar refractivity (Wildman–Crippen MR) is 224 cm³/mol. The SMILES string of the molecule is O=C(OC[C@H]1O[C@](Cc2ccccc2)(OP(=O)(O)O)[C@@](Cc2ccccc2)(OC(=O)c2ccccc2)[C@H](OC(=O)c2ccccc2)[C@@H]1OC(=O)c1ccccc1)c1ccccc1. The van der Waals surface area contributed by atoms with Gasteiger partial charge in [0.1, 0.15) is 12.7 Å². The zero-order valence-electron chi connectivity index (χ0n) is 33.0. The van der Waals surface area contributed by atoms with Crippen molar-refractivity contribution in [3.63, 3.8) is 0 Å². The van der Waals surface area contributed by atoms with E-state index in [2.05, 4.69) is 0 Å². The van der Waals surface area contributed by atoms with Crippen LogP contribution in [0.4, 0.5) is 0 Å². The lowest BCUT2D eigenvalue weighted by Crippen LogP contribution is -2.77. The van der Waals surface area contributed by atoms with Gasteiger partial charge in [-0.25, -0.2) is 28.3 Å². The van der Waals surface area contributed by atoms with E-state index in [1.165, 1.54) is 48.5 Å². The lowest BCUT2D eigenvalue weighted by atomic mass is 9.73. The van der Waals surface area contributed by atoms with Crippen LogP contribution in [0.15, 0.2) is 182 Å². The standard InChI is InChI=1S/C48H41O13P/c49-43(36-23-11-3-12-24-36)56-33-40-41(57-44(50)37-25-13-4-14-26-37)42(58-45(51)38-27-15-5-16-28-38)47(31-34-19-7-1-8-20-34,60-46(52)39-29-17-6-18-30-39)48(59-40,61-62(53,54)55)32-35-21-9-2-10-22-35/h1-30,40-42H,31-33H2,(H2,53,54,55)/t40-,41-,42-,47+,48-/m1/s1. The molecule has 6 aromatic rings. The molecular formula is C48H41O13P. The summed E-state index contributed by atoms with van der Waals surface area (Å²) in [4.78, 5) is 78.8. The molecule has 1 fully saturated rings. The maximum Gasteiger partial charge on any atom is 0.472 e. The summed E-state index contributed by atoms with van der Waals surface area (Å²) < 4.78 is 51.3. The van der Waals surface area contributed by atoms with Crippen LogP contribution < -0.4 is 0 Å². The number of phosphoric acid groups is 1. The van der Waals surface area contributed by atoms with Gasteiger partial charge in [0.2, 0.25) is 11.4 Å². The van der Waals surface area contributed by atoms with Crippen molar-refractivity contribution in [2.45, 2.75) is 42.5 Å². The van der Waals surface area contributed by atoms with Crippen molar-refractivity contribution >= 4 is 31.7 Å². The fraction of sp³-hybridized carbons (Fsp3) is 0.167. The summed E-state index contributed by atoms with van der Waals surface area (Å²) in [6.45, 7) is -0.755. The van der Waals surface area contributed by atoms with Crippen molar-refractivity contribution in [1.29, 1.82) is 0 Å². The van der Waals surface area contributed by atoms with Crippen LogP contribution in [0.1, 0.15) is 52.6 Å². The van der Waals surface area contributed by atoms with E-state index in [0.717, 1.165) is 0 Å². The summed E-state index contributed by atoms with van der Waals surface area (Å²) in [6, 6.07) is 47.9. The van der Waals surface area contributed by atoms with Crippen LogP contribution >= 0.6 is 7.82 Å². The van der Waals surface area contributed by atoms with Crippen LogP contribution in [0.5, 0.6) is 0 Å². The van der Waals surface area contributed by atoms with Crippen molar-refractivity contribution < 1.29 is 61.7 Å². The Morgan fingerprint density at radius 2 is 0.903 bits per heavy atom. The molecule has 0 bridgehead atoms. The second kappa shape index (κ2) is 19.3. The van der Waals surface area contributed by atoms with E-state index < -0.39 is 80.8 Å². The molecule has 1 aliphatic heterocycles. The van der Waals surface area contributed by atoms with Crippen LogP contribution in [-0.2, 0) is 45.6 Å². The number of carbonyl (C=O) groups excluding carboxylic acids is 4. The van der Waals surface area contributed by atoms with Gasteiger partial charge in [-0.05, 0) is 59.7 Å². The van der Waals surface area contributed by atoms with Gasteiger partial charge in [0.15, 0.2) is 12.2 Å². The molecule has 0 aromatic heterocycles. The third-order valence-corrected chi connectivity index (χ3v) is 10.7. The molecule has 0 unspecified atom stereocenters. The minimum Gasteiger partial charge on any atom is -0.459 e. The highest BCUT2D eigenvalue weighted by atomic mass is 31.2. The van der Waals surface area contributed by atoms with Crippen molar-refractivity contribution in [1.82, 2.24) is 0 Å². The second-order valence-corrected chi connectivity index (χ2v) is 15.5. The largest absolute Gasteiger partial charge is 0.472 e. The Balaban J connectivity index is 1.52. The van der Waals surface area contributed by atoms with Crippen LogP contribution in [0, 0.1) is 0 Å². The maximum absolute atomic E-state index is 14.7. The Labute approximate surface area is 357 Å². The van der Waals surface area contributed by atoms with Crippen LogP contribution in [0.3, 0.4) is 0 Å². The fourth-order valence-corrected chi connectivity index (χ4v) is 7.99. The number of carbonyl (C=O) groups is 4. The third-order valence-electron chi connectivity index (χ3n) is 10.1. The van der Waals surface area contributed by atoms with Crippen molar-refractivity contribution in [2.24, 2.45) is 0 Å². The van der Waals surface area contributed by atoms with Gasteiger partial charge in [-0.3, -0.25) is 0 Å². The van der Waals surface area contributed by atoms with E-state index in [4.69, 9.17) is 28.2 Å². The molecule has 316 valence electrons. The van der Waals surface area contributed by atoms with E-state index in [-0.39, 0.29) is 22.3 Å². The Morgan fingerprint density at radius 1 is 0.516 bits per heavy atom. The van der Waals surface area contributed by atoms with Crippen LogP contribution in [-0.4, -0.2) is 70.0 Å². The average molecular weight is 857 g/mol. The van der Waals surface area contributed by atoms with Gasteiger partial charge in [0.05, 0.1) is 22.3 Å². The molecule has 1 heterocycles. The number of benzene rings is 6. The van der Waals surface area contributed by atoms with Crippen LogP contribution in [0.25, 0.3) is 0 Å². The lowest BCUT2D eigenvalue weighted by molar-refractivity contribution is -0.376. The first kappa shape index (κ1) is 43.4. The molecule has 1 saturated heterocycles. The number of ether oxygens (including phenoxy) is 5. The van der Waals surface area contributed by atoms with Crippen LogP contribution in [0.2, 0.25) is 0 Å². The van der Waals surface area contributed by atoms with Crippen molar-refractivity contribution in [3.05, 3.63) is 215 Å². The third kappa shape index (κ3) is 10.2. The summed E-state index contributed by atoms with van der Waals surface area (Å²) in [7, 11) is -5.74. The molecule has 2 N–H and O–H groups in total. The minimum absolute atomic E-state index is 0.00499. The molecule has 14 heteroatoms. The topological polar surface area (TPSA) is 181 Å². The van der Waals surface area contributed by atoms with Gasteiger partial charge in [-0.15, -0.1) is 0 Å². The molecule has 0 radical (unpaired) electrons. The second-order valence-electron chi connectivity index (χ2n) is 14.4. The summed E-state index contributed by atoms with van der Waals surface area (Å²) in [5.74, 6) is -6.65. The lowest BCUT2D eigenvalue weighted by Gasteiger charge is -2.57. The molecule has 0 amide bonds. The van der Waals surface area contributed by atoms with Gasteiger partial charge >= 0.3 is 31.7 Å². The quantitative estimate of drug-likeness (QED) is 0.0587. The molecular weight excluding hydrogens is 815 g/mol. The Bertz CT molecular complexity index is 2490. The van der Waals surface area contributed by atoms with Crippen molar-refractivity contribution in [2.75, 3.05) is 6.61 Å². The van der Waals surface area contributed by atoms with Gasteiger partial charge < -0.3 is 33.5 Å². The molecule has 5 atom stereocenters. The highest BCUT2D eigenvalue weighted by Gasteiger charge is 2.72. The van der Waals surface area contributed by atoms with E-state index >= 15 is 0 Å². The molecule has 0 saturated carbocycles. The first-order valence-electron chi connectivity index (χ1n) is 19.5. The number of rotatable bonds is 15. The van der Waals surface area contributed by atoms with E-state index in [1.807, 2.05) is 0 Å². The van der Waals surface area contributed by atoms with Gasteiger partial charge in [0.25, 0.3) is 0 Å². The molecule has 13 nitrogen and oxygen atoms in total. The Morgan fingerprint density at radius 3 is 1.35 bits per heavy atom. The minimum atomic E-state index is -5.74. The molecule has 7 rings (SSSR count). The molecule has 0 spiro atoms. The van der Waals surface area contributed by atoms with Gasteiger partial charge in [0, 0.05) is 12.8 Å². The Kier molecular flexibility index (Phi) is 13.5. The van der Waals surface area contributed by atoms with E-state index in [1.54, 1.807) is 133 Å². The monoisotopic (exact) mass is 856 g/mol. The molecule has 62 heavy (non-hydrogen) atoms. The smallest absolute Gasteiger partial charge is 0.459 e. The number of phosphoric ester groups is 1. The fourth-order valence-electron chi connectivity index (χ4n) is 7.34. The van der Waals surface area contributed by atoms with Gasteiger partial charge in [-0.2, -0.15) is 0 Å². The van der Waals surface area contributed by atoms with E-state index in [9.17, 15) is 33.5 Å². The normalized spacial score (nSPS) is 20.9. The highest BCUT2D eigenvalue weighted by Crippen LogP contribution is 2.55. The summed E-state index contributed by atoms with van der Waals surface area (Å²) in [5.41, 5.74) is -1.67. The van der Waals surface area contributed by atoms with E-state index in [0.29, 0.717) is 11.1 Å². The number of hydrogen-bond acceptors (Lipinski definition) is 11. The molecule has 6 aromatic carbocycles. The zero-order chi connectivity index (χ0) is 43.6. The van der Waals surface area contributed by atoms with Crippen molar-refractivity contribution in [3.8, 4) is 0 Å². The number of esters is 4. The highest BCUT2D eigenvalue weighted by molar-refractivity contribution is 7.46. The summed E-state index contributed by atoms with van der Waals surface area (Å²) in [5, 5.41) is 0. The first-order valence-corrected chi connectivity index (χ1v) is 21.0. The summed E-state index contributed by atoms with van der Waals surface area (Å²) >= 11 is 0. The molecule has 0 aliphatic carbocycles. The zero-order valence-corrected chi connectivity index (χ0v) is 33.9. The first-order chi connectivity index (χ1) is 30.0. The Hall–Kier alpha value is -6.73. The predicted octanol–water partition coefficient (Wildman–Crippen LogP) is 7.58.